The molecule has 2 aliphatic heterocycles. The van der Waals surface area contributed by atoms with Crippen LogP contribution in [0.5, 0.6) is 0 Å². The topological polar surface area (TPSA) is 6.48 Å². The van der Waals surface area contributed by atoms with E-state index in [1.807, 2.05) is 22.7 Å². The number of hydrogen-bond donors (Lipinski definition) is 0. The summed E-state index contributed by atoms with van der Waals surface area (Å²) in [5, 5.41) is 10.1. The van der Waals surface area contributed by atoms with Crippen LogP contribution in [0.4, 0.5) is 34.1 Å². The predicted molar refractivity (Wildman–Crippen MR) is 292 cm³/mol. The molecule has 0 N–H and O–H groups in total. The van der Waals surface area contributed by atoms with Gasteiger partial charge < -0.3 is 9.80 Å². The Kier molecular flexibility index (Phi) is 7.94. The summed E-state index contributed by atoms with van der Waals surface area (Å²) in [7, 11) is 0. The van der Waals surface area contributed by atoms with Gasteiger partial charge in [-0.2, -0.15) is 0 Å². The molecule has 0 spiro atoms. The Morgan fingerprint density at radius 3 is 1.15 bits per heavy atom. The molecule has 67 heavy (non-hydrogen) atoms. The lowest BCUT2D eigenvalue weighted by molar-refractivity contribution is 1.26. The maximum Gasteiger partial charge on any atom is 0.252 e. The van der Waals surface area contributed by atoms with Crippen molar-refractivity contribution >= 4 is 142 Å². The summed E-state index contributed by atoms with van der Waals surface area (Å²) in [6.45, 7) is -0.0327. The maximum absolute atomic E-state index is 2.61. The molecule has 0 bridgehead atoms. The second-order valence-electron chi connectivity index (χ2n) is 18.0. The van der Waals surface area contributed by atoms with Gasteiger partial charge in [0, 0.05) is 74.2 Å². The van der Waals surface area contributed by atoms with E-state index in [4.69, 9.17) is 0 Å². The number of rotatable bonds is 4. The third-order valence-electron chi connectivity index (χ3n) is 14.4. The lowest BCUT2D eigenvalue weighted by atomic mass is 9.33. The number of thiophene rings is 2. The zero-order valence-corrected chi connectivity index (χ0v) is 37.8. The Hall–Kier alpha value is -7.96. The summed E-state index contributed by atoms with van der Waals surface area (Å²) in [5.74, 6) is 0. The van der Waals surface area contributed by atoms with Gasteiger partial charge in [0.2, 0.25) is 0 Å². The van der Waals surface area contributed by atoms with Crippen LogP contribution in [0, 0.1) is 0 Å². The van der Waals surface area contributed by atoms with E-state index in [2.05, 4.69) is 234 Å². The zero-order chi connectivity index (χ0) is 43.7. The van der Waals surface area contributed by atoms with E-state index >= 15 is 0 Å². The van der Waals surface area contributed by atoms with Crippen LogP contribution in [0.1, 0.15) is 0 Å². The highest BCUT2D eigenvalue weighted by Gasteiger charge is 2.44. The zero-order valence-electron chi connectivity index (χ0n) is 36.2. The molecule has 310 valence electrons. The van der Waals surface area contributed by atoms with Gasteiger partial charge in [0.15, 0.2) is 0 Å². The largest absolute Gasteiger partial charge is 0.311 e. The Morgan fingerprint density at radius 1 is 0.284 bits per heavy atom. The standard InChI is InChI=1S/C62H37BN2S2/c1-3-16-38(17-4-1)46-36-60-48(44-24-11-13-28-58(44)66-60)34-54(46)64-52-26-15-27-53-62(52)63(50-30-40-20-7-9-22-42(40)32-56(50)64)51-31-41-21-8-10-23-43(41)33-57(51)65(53)55-35-49-45-25-12-14-29-59(45)67-61(49)37-47(55)39-18-5-2-6-19-39/h1-37H. The molecule has 0 atom stereocenters. The van der Waals surface area contributed by atoms with E-state index in [1.54, 1.807) is 0 Å². The fourth-order valence-electron chi connectivity index (χ4n) is 11.4. The Labute approximate surface area is 395 Å². The first-order valence-corrected chi connectivity index (χ1v) is 24.7. The summed E-state index contributed by atoms with van der Waals surface area (Å²) in [4.78, 5) is 5.23. The molecule has 4 heterocycles. The molecule has 5 heteroatoms. The highest BCUT2D eigenvalue weighted by atomic mass is 32.1. The number of benzene rings is 11. The quantitative estimate of drug-likeness (QED) is 0.163. The van der Waals surface area contributed by atoms with Crippen LogP contribution < -0.4 is 26.2 Å². The third-order valence-corrected chi connectivity index (χ3v) is 16.6. The van der Waals surface area contributed by atoms with E-state index in [1.165, 1.54) is 135 Å². The minimum atomic E-state index is -0.0327. The van der Waals surface area contributed by atoms with E-state index in [0.29, 0.717) is 0 Å². The van der Waals surface area contributed by atoms with Crippen LogP contribution in [-0.2, 0) is 0 Å². The van der Waals surface area contributed by atoms with Crippen molar-refractivity contribution in [3.8, 4) is 22.3 Å². The van der Waals surface area contributed by atoms with Gasteiger partial charge in [0.05, 0.1) is 11.4 Å². The fourth-order valence-corrected chi connectivity index (χ4v) is 13.7. The summed E-state index contributed by atoms with van der Waals surface area (Å²) >= 11 is 3.77. The van der Waals surface area contributed by atoms with Crippen molar-refractivity contribution in [1.82, 2.24) is 0 Å². The molecule has 0 radical (unpaired) electrons. The summed E-state index contributed by atoms with van der Waals surface area (Å²) in [5.41, 5.74) is 16.0. The highest BCUT2D eigenvalue weighted by molar-refractivity contribution is 7.26. The van der Waals surface area contributed by atoms with Crippen LogP contribution in [0.15, 0.2) is 224 Å². The van der Waals surface area contributed by atoms with Crippen LogP contribution in [0.25, 0.3) is 84.1 Å². The lowest BCUT2D eigenvalue weighted by Gasteiger charge is -2.45. The SMILES string of the molecule is c1ccc(-c2cc3sc4ccccc4c3cc2N2c3cc4ccccc4cc3B3c4cc5ccccc5cc4N(c4cc5c(cc4-c4ccccc4)sc4ccccc45)c4cccc2c43)cc1. The molecule has 2 aromatic heterocycles. The van der Waals surface area contributed by atoms with Gasteiger partial charge in [0.25, 0.3) is 6.71 Å². The molecule has 0 aliphatic carbocycles. The van der Waals surface area contributed by atoms with Gasteiger partial charge in [-0.1, -0.05) is 164 Å². The fraction of sp³-hybridized carbons (Fsp3) is 0. The first kappa shape index (κ1) is 37.3. The minimum absolute atomic E-state index is 0.0327. The van der Waals surface area contributed by atoms with Crippen LogP contribution in [0.2, 0.25) is 0 Å². The predicted octanol–water partition coefficient (Wildman–Crippen LogP) is 16.1. The second-order valence-corrected chi connectivity index (χ2v) is 20.2. The Bertz CT molecular complexity index is 3930. The summed E-state index contributed by atoms with van der Waals surface area (Å²) in [6.07, 6.45) is 0. The van der Waals surface area contributed by atoms with Crippen molar-refractivity contribution in [3.05, 3.63) is 224 Å². The normalized spacial score (nSPS) is 13.0. The smallest absolute Gasteiger partial charge is 0.252 e. The van der Waals surface area contributed by atoms with Gasteiger partial charge >= 0.3 is 0 Å². The van der Waals surface area contributed by atoms with Crippen molar-refractivity contribution in [3.63, 3.8) is 0 Å². The third kappa shape index (κ3) is 5.50. The van der Waals surface area contributed by atoms with Crippen LogP contribution in [-0.4, -0.2) is 6.71 Å². The van der Waals surface area contributed by atoms with E-state index in [9.17, 15) is 0 Å². The maximum atomic E-state index is 2.61. The van der Waals surface area contributed by atoms with Gasteiger partial charge in [-0.3, -0.25) is 0 Å². The first-order chi connectivity index (χ1) is 33.2. The molecule has 13 aromatic rings. The first-order valence-electron chi connectivity index (χ1n) is 23.0. The summed E-state index contributed by atoms with van der Waals surface area (Å²) < 4.78 is 5.20. The lowest BCUT2D eigenvalue weighted by Crippen LogP contribution is -2.61. The molecule has 15 rings (SSSR count). The average Bonchev–Trinajstić information content (AvgIpc) is 3.94. The van der Waals surface area contributed by atoms with Gasteiger partial charge in [0.1, 0.15) is 0 Å². The van der Waals surface area contributed by atoms with Crippen molar-refractivity contribution in [2.45, 2.75) is 0 Å². The van der Waals surface area contributed by atoms with Gasteiger partial charge in [-0.25, -0.2) is 0 Å². The minimum Gasteiger partial charge on any atom is -0.311 e. The molecule has 2 aliphatic rings. The number of hydrogen-bond acceptors (Lipinski definition) is 4. The Morgan fingerprint density at radius 2 is 0.687 bits per heavy atom. The summed E-state index contributed by atoms with van der Waals surface area (Å²) in [6, 6.07) is 84.4. The van der Waals surface area contributed by atoms with Crippen LogP contribution >= 0.6 is 22.7 Å². The van der Waals surface area contributed by atoms with Crippen molar-refractivity contribution in [2.75, 3.05) is 9.80 Å². The van der Waals surface area contributed by atoms with Gasteiger partial charge in [-0.05, 0) is 110 Å². The molecule has 0 amide bonds. The molecule has 0 fully saturated rings. The highest BCUT2D eigenvalue weighted by Crippen LogP contribution is 2.52. The van der Waals surface area contributed by atoms with E-state index < -0.39 is 0 Å². The number of fused-ring (bicyclic) bond motifs is 12. The number of nitrogens with zero attached hydrogens (tertiary/aromatic N) is 2. The van der Waals surface area contributed by atoms with Gasteiger partial charge in [-0.15, -0.1) is 22.7 Å². The average molecular weight is 885 g/mol. The molecule has 0 saturated heterocycles. The van der Waals surface area contributed by atoms with Crippen molar-refractivity contribution in [1.29, 1.82) is 0 Å². The molecule has 11 aromatic carbocycles. The van der Waals surface area contributed by atoms with E-state index in [-0.39, 0.29) is 6.71 Å². The number of anilines is 6. The van der Waals surface area contributed by atoms with Crippen molar-refractivity contribution < 1.29 is 0 Å². The Balaban J connectivity index is 1.09. The van der Waals surface area contributed by atoms with Crippen molar-refractivity contribution in [2.24, 2.45) is 0 Å². The molecule has 2 nitrogen and oxygen atoms in total. The second kappa shape index (κ2) is 14.3. The molecular formula is C62H37BN2S2. The van der Waals surface area contributed by atoms with Crippen LogP contribution in [0.3, 0.4) is 0 Å². The monoisotopic (exact) mass is 884 g/mol. The molecular weight excluding hydrogens is 848 g/mol. The molecule has 0 saturated carbocycles. The molecule has 0 unspecified atom stereocenters. The van der Waals surface area contributed by atoms with E-state index in [0.717, 1.165) is 0 Å².